The van der Waals surface area contributed by atoms with Crippen molar-refractivity contribution in [2.45, 2.75) is 39.5 Å². The predicted octanol–water partition coefficient (Wildman–Crippen LogP) is 5.39. The number of nitrogen functional groups attached to an aromatic ring is 1. The van der Waals surface area contributed by atoms with E-state index in [9.17, 15) is 0 Å². The lowest BCUT2D eigenvalue weighted by molar-refractivity contribution is 0.277. The largest absolute Gasteiger partial charge is 0.494 e. The third-order valence-electron chi connectivity index (χ3n) is 5.75. The molecule has 3 aromatic rings. The lowest BCUT2D eigenvalue weighted by atomic mass is 10.1. The summed E-state index contributed by atoms with van der Waals surface area (Å²) in [6.07, 6.45) is 5.16. The maximum Gasteiger partial charge on any atom is 0.163 e. The summed E-state index contributed by atoms with van der Waals surface area (Å²) in [6, 6.07) is 5.34. The van der Waals surface area contributed by atoms with Crippen LogP contribution < -0.4 is 15.8 Å². The number of nitrogens with two attached hydrogens (primary N) is 1. The van der Waals surface area contributed by atoms with Crippen LogP contribution in [0.2, 0.25) is 10.0 Å². The Bertz CT molecular complexity index is 1100. The Morgan fingerprint density at radius 3 is 2.49 bits per heavy atom. The number of hydrogen-bond donors (Lipinski definition) is 2. The molecule has 1 fully saturated rings. The molecule has 8 nitrogen and oxygen atoms in total. The molecule has 1 aromatic carbocycles. The van der Waals surface area contributed by atoms with Gasteiger partial charge >= 0.3 is 0 Å². The number of hydrogen-bond acceptors (Lipinski definition) is 8. The number of rotatable bonds is 7. The van der Waals surface area contributed by atoms with Crippen molar-refractivity contribution in [3.63, 3.8) is 0 Å². The van der Waals surface area contributed by atoms with E-state index in [1.807, 2.05) is 14.0 Å². The van der Waals surface area contributed by atoms with Gasteiger partial charge in [0.05, 0.1) is 22.9 Å². The molecule has 35 heavy (non-hydrogen) atoms. The first kappa shape index (κ1) is 27.2. The highest BCUT2D eigenvalue weighted by atomic mass is 35.5. The van der Waals surface area contributed by atoms with Crippen molar-refractivity contribution in [3.8, 4) is 28.4 Å². The Balaban J connectivity index is 0.000000420. The number of aryl methyl sites for hydroxylation is 2. The first-order chi connectivity index (χ1) is 16.8. The molecule has 0 saturated carbocycles. The molecular formula is C25H34Cl2N6O2. The molecule has 0 radical (unpaired) electrons. The molecule has 3 N–H and O–H groups in total. The first-order valence-corrected chi connectivity index (χ1v) is 12.6. The second-order valence-corrected chi connectivity index (χ2v) is 9.39. The lowest BCUT2D eigenvalue weighted by Gasteiger charge is -2.20. The number of piperidine rings is 1. The fourth-order valence-electron chi connectivity index (χ4n) is 3.83. The van der Waals surface area contributed by atoms with Crippen LogP contribution in [0, 0.1) is 13.8 Å². The van der Waals surface area contributed by atoms with Crippen LogP contribution in [0.25, 0.3) is 22.6 Å². The van der Waals surface area contributed by atoms with Crippen LogP contribution in [0.3, 0.4) is 0 Å². The zero-order valence-corrected chi connectivity index (χ0v) is 22.3. The first-order valence-electron chi connectivity index (χ1n) is 11.8. The van der Waals surface area contributed by atoms with Crippen molar-refractivity contribution in [1.29, 1.82) is 0 Å². The molecule has 4 rings (SSSR count). The molecule has 1 aliphatic rings. The van der Waals surface area contributed by atoms with Crippen molar-refractivity contribution in [3.05, 3.63) is 39.7 Å². The van der Waals surface area contributed by atoms with E-state index in [1.54, 1.807) is 25.1 Å². The zero-order valence-electron chi connectivity index (χ0n) is 20.8. The number of benzene rings is 1. The lowest BCUT2D eigenvalue weighted by Crippen LogP contribution is -2.24. The van der Waals surface area contributed by atoms with Gasteiger partial charge < -0.3 is 25.2 Å². The summed E-state index contributed by atoms with van der Waals surface area (Å²) < 4.78 is 11.0. The Labute approximate surface area is 217 Å². The summed E-state index contributed by atoms with van der Waals surface area (Å²) in [7, 11) is 4.10. The standard InChI is InChI=1S/C19H21Cl2N5O2.C6H13N/c1-10-15(11(2)28-26-10)17-16(21)18(22)25-19(24-17)13-9-12(5-6-14(13)20)27-8-4-7-23-3;1-7-5-3-2-4-6-7/h5-6,9,23H,4,7-8H2,1-3H3,(H2,22,24,25);2-6H2,1H3. The minimum absolute atomic E-state index is 0.151. The van der Waals surface area contributed by atoms with Gasteiger partial charge in [-0.15, -0.1) is 0 Å². The van der Waals surface area contributed by atoms with Crippen molar-refractivity contribution in [2.24, 2.45) is 0 Å². The van der Waals surface area contributed by atoms with Crippen LogP contribution in [0.15, 0.2) is 22.7 Å². The minimum Gasteiger partial charge on any atom is -0.494 e. The van der Waals surface area contributed by atoms with Gasteiger partial charge in [-0.2, -0.15) is 0 Å². The van der Waals surface area contributed by atoms with Gasteiger partial charge in [0.15, 0.2) is 5.82 Å². The van der Waals surface area contributed by atoms with Crippen LogP contribution in [-0.2, 0) is 0 Å². The molecule has 1 aliphatic heterocycles. The quantitative estimate of drug-likeness (QED) is 0.399. The molecule has 3 heterocycles. The highest BCUT2D eigenvalue weighted by Crippen LogP contribution is 2.37. The molecule has 0 spiro atoms. The molecule has 190 valence electrons. The summed E-state index contributed by atoms with van der Waals surface area (Å²) in [4.78, 5) is 11.3. The third kappa shape index (κ3) is 7.30. The molecule has 0 aliphatic carbocycles. The van der Waals surface area contributed by atoms with E-state index < -0.39 is 0 Å². The van der Waals surface area contributed by atoms with Gasteiger partial charge in [0.25, 0.3) is 0 Å². The number of ether oxygens (including phenoxy) is 1. The van der Waals surface area contributed by atoms with Gasteiger partial charge in [-0.05, 0) is 85.0 Å². The summed E-state index contributed by atoms with van der Waals surface area (Å²) in [5, 5.41) is 7.77. The van der Waals surface area contributed by atoms with Crippen molar-refractivity contribution >= 4 is 29.0 Å². The maximum absolute atomic E-state index is 6.40. The average molecular weight is 521 g/mol. The second-order valence-electron chi connectivity index (χ2n) is 8.61. The van der Waals surface area contributed by atoms with Crippen molar-refractivity contribution < 1.29 is 9.26 Å². The number of nitrogens with zero attached hydrogens (tertiary/aromatic N) is 4. The summed E-state index contributed by atoms with van der Waals surface area (Å²) in [5.74, 6) is 1.77. The van der Waals surface area contributed by atoms with E-state index >= 15 is 0 Å². The average Bonchev–Trinajstić information content (AvgIpc) is 3.18. The van der Waals surface area contributed by atoms with Crippen LogP contribution in [0.1, 0.15) is 37.1 Å². The Morgan fingerprint density at radius 2 is 1.89 bits per heavy atom. The van der Waals surface area contributed by atoms with Gasteiger partial charge in [0.2, 0.25) is 0 Å². The number of nitrogens with one attached hydrogen (secondary N) is 1. The van der Waals surface area contributed by atoms with Crippen LogP contribution in [0.5, 0.6) is 5.75 Å². The highest BCUT2D eigenvalue weighted by Gasteiger charge is 2.21. The van der Waals surface area contributed by atoms with Gasteiger partial charge in [-0.25, -0.2) is 9.97 Å². The fourth-order valence-corrected chi connectivity index (χ4v) is 4.21. The van der Waals surface area contributed by atoms with E-state index in [-0.39, 0.29) is 10.8 Å². The minimum atomic E-state index is 0.151. The van der Waals surface area contributed by atoms with Gasteiger partial charge in [-0.1, -0.05) is 34.8 Å². The van der Waals surface area contributed by atoms with Crippen LogP contribution in [0.4, 0.5) is 5.82 Å². The molecule has 10 heteroatoms. The van der Waals surface area contributed by atoms with Crippen molar-refractivity contribution in [1.82, 2.24) is 25.3 Å². The predicted molar refractivity (Wildman–Crippen MR) is 142 cm³/mol. The molecule has 0 amide bonds. The number of aromatic nitrogens is 3. The highest BCUT2D eigenvalue weighted by molar-refractivity contribution is 6.35. The number of anilines is 1. The smallest absolute Gasteiger partial charge is 0.163 e. The molecule has 1 saturated heterocycles. The van der Waals surface area contributed by atoms with E-state index in [4.69, 9.17) is 38.2 Å². The van der Waals surface area contributed by atoms with Crippen LogP contribution >= 0.6 is 23.2 Å². The molecule has 0 atom stereocenters. The summed E-state index contributed by atoms with van der Waals surface area (Å²) >= 11 is 12.8. The van der Waals surface area contributed by atoms with E-state index in [0.29, 0.717) is 51.5 Å². The fraction of sp³-hybridized carbons (Fsp3) is 0.480. The zero-order chi connectivity index (χ0) is 25.4. The Kier molecular flexibility index (Phi) is 10.2. The Hall–Kier alpha value is -2.39. The van der Waals surface area contributed by atoms with Crippen LogP contribution in [-0.4, -0.2) is 60.4 Å². The van der Waals surface area contributed by atoms with Gasteiger partial charge in [0, 0.05) is 5.56 Å². The van der Waals surface area contributed by atoms with Crippen molar-refractivity contribution in [2.75, 3.05) is 46.1 Å². The second kappa shape index (κ2) is 13.1. The van der Waals surface area contributed by atoms with E-state index in [0.717, 1.165) is 13.0 Å². The van der Waals surface area contributed by atoms with E-state index in [1.165, 1.54) is 32.4 Å². The molecule has 0 bridgehead atoms. The molecular weight excluding hydrogens is 487 g/mol. The third-order valence-corrected chi connectivity index (χ3v) is 6.45. The van der Waals surface area contributed by atoms with Gasteiger partial charge in [-0.3, -0.25) is 0 Å². The SMILES string of the molecule is CN1CCCCC1.CNCCCOc1ccc(Cl)c(-c2nc(N)c(Cl)c(-c3c(C)noc3C)n2)c1. The summed E-state index contributed by atoms with van der Waals surface area (Å²) in [6.45, 7) is 7.69. The summed E-state index contributed by atoms with van der Waals surface area (Å²) in [5.41, 5.74) is 8.46. The topological polar surface area (TPSA) is 102 Å². The molecule has 0 unspecified atom stereocenters. The normalized spacial score (nSPS) is 13.9. The monoisotopic (exact) mass is 520 g/mol. The van der Waals surface area contributed by atoms with Gasteiger partial charge in [0.1, 0.15) is 28.0 Å². The molecule has 2 aromatic heterocycles. The maximum atomic E-state index is 6.40. The number of halogens is 2. The van der Waals surface area contributed by atoms with E-state index in [2.05, 4.69) is 32.4 Å². The number of likely N-dealkylation sites (tertiary alicyclic amines) is 1. The Morgan fingerprint density at radius 1 is 1.14 bits per heavy atom.